The zero-order valence-electron chi connectivity index (χ0n) is 12.5. The Balaban J connectivity index is 1.56. The number of benzene rings is 2. The molecule has 21 heavy (non-hydrogen) atoms. The third kappa shape index (κ3) is 3.30. The molecule has 1 N–H and O–H groups in total. The van der Waals surface area contributed by atoms with Gasteiger partial charge in [0.1, 0.15) is 5.75 Å². The second-order valence-electron chi connectivity index (χ2n) is 5.37. The smallest absolute Gasteiger partial charge is 0.119 e. The first-order valence-corrected chi connectivity index (χ1v) is 7.57. The third-order valence-corrected chi connectivity index (χ3v) is 4.01. The fraction of sp³-hybridized carbons (Fsp3) is 0.333. The van der Waals surface area contributed by atoms with E-state index in [1.54, 1.807) is 7.11 Å². The van der Waals surface area contributed by atoms with E-state index in [2.05, 4.69) is 46.6 Å². The van der Waals surface area contributed by atoms with E-state index in [1.165, 1.54) is 24.1 Å². The number of rotatable bonds is 5. The van der Waals surface area contributed by atoms with Crippen molar-refractivity contribution in [2.45, 2.75) is 12.8 Å². The van der Waals surface area contributed by atoms with Gasteiger partial charge in [0.2, 0.25) is 0 Å². The summed E-state index contributed by atoms with van der Waals surface area (Å²) in [4.78, 5) is 2.48. The molecule has 3 rings (SSSR count). The van der Waals surface area contributed by atoms with Crippen LogP contribution in [0.3, 0.4) is 0 Å². The number of hydrogen-bond acceptors (Lipinski definition) is 3. The number of nitrogens with zero attached hydrogens (tertiary/aromatic N) is 1. The highest BCUT2D eigenvalue weighted by atomic mass is 16.5. The zero-order valence-corrected chi connectivity index (χ0v) is 12.5. The molecule has 0 saturated carbocycles. The summed E-state index contributed by atoms with van der Waals surface area (Å²) in [5.41, 5.74) is 4.02. The lowest BCUT2D eigenvalue weighted by Crippen LogP contribution is -2.33. The average molecular weight is 282 g/mol. The predicted molar refractivity (Wildman–Crippen MR) is 88.5 cm³/mol. The highest BCUT2D eigenvalue weighted by molar-refractivity contribution is 5.55. The summed E-state index contributed by atoms with van der Waals surface area (Å²) >= 11 is 0. The lowest BCUT2D eigenvalue weighted by atomic mass is 10.0. The minimum atomic E-state index is 0.894. The molecule has 0 unspecified atom stereocenters. The Morgan fingerprint density at radius 1 is 1.10 bits per heavy atom. The van der Waals surface area contributed by atoms with Crippen molar-refractivity contribution in [3.63, 3.8) is 0 Å². The van der Waals surface area contributed by atoms with Gasteiger partial charge in [-0.1, -0.05) is 18.2 Å². The minimum Gasteiger partial charge on any atom is -0.497 e. The summed E-state index contributed by atoms with van der Waals surface area (Å²) in [6.45, 7) is 3.13. The number of ether oxygens (including phenoxy) is 1. The monoisotopic (exact) mass is 282 g/mol. The molecular formula is C18H22N2O. The lowest BCUT2D eigenvalue weighted by molar-refractivity contribution is 0.415. The Hall–Kier alpha value is -2.16. The van der Waals surface area contributed by atoms with Crippen molar-refractivity contribution >= 4 is 11.4 Å². The van der Waals surface area contributed by atoms with Crippen LogP contribution in [0.1, 0.15) is 12.0 Å². The van der Waals surface area contributed by atoms with Gasteiger partial charge in [-0.15, -0.1) is 0 Å². The number of fused-ring (bicyclic) bond motifs is 1. The molecule has 0 saturated heterocycles. The third-order valence-electron chi connectivity index (χ3n) is 4.01. The van der Waals surface area contributed by atoms with Crippen LogP contribution in [-0.4, -0.2) is 26.7 Å². The summed E-state index contributed by atoms with van der Waals surface area (Å²) < 4.78 is 5.17. The highest BCUT2D eigenvalue weighted by Crippen LogP contribution is 2.26. The molecule has 0 atom stereocenters. The standard InChI is InChI=1S/C18H22N2O/c1-21-17-10-8-16(9-11-17)19-12-14-20-13-4-6-15-5-2-3-7-18(15)20/h2-3,5,7-11,19H,4,6,12-14H2,1H3. The molecule has 0 aromatic heterocycles. The maximum Gasteiger partial charge on any atom is 0.119 e. The van der Waals surface area contributed by atoms with Gasteiger partial charge >= 0.3 is 0 Å². The van der Waals surface area contributed by atoms with E-state index in [4.69, 9.17) is 4.74 Å². The fourth-order valence-corrected chi connectivity index (χ4v) is 2.89. The van der Waals surface area contributed by atoms with E-state index in [1.807, 2.05) is 12.1 Å². The first kappa shape index (κ1) is 13.8. The summed E-state index contributed by atoms with van der Waals surface area (Å²) in [7, 11) is 1.69. The zero-order chi connectivity index (χ0) is 14.5. The van der Waals surface area contributed by atoms with Crippen molar-refractivity contribution in [2.24, 2.45) is 0 Å². The largest absolute Gasteiger partial charge is 0.497 e. The van der Waals surface area contributed by atoms with Gasteiger partial charge in [0, 0.05) is 31.0 Å². The highest BCUT2D eigenvalue weighted by Gasteiger charge is 2.15. The molecule has 2 aromatic rings. The van der Waals surface area contributed by atoms with Crippen LogP contribution in [-0.2, 0) is 6.42 Å². The van der Waals surface area contributed by atoms with Gasteiger partial charge in [0.15, 0.2) is 0 Å². The Kier molecular flexibility index (Phi) is 4.29. The quantitative estimate of drug-likeness (QED) is 0.907. The summed E-state index contributed by atoms with van der Waals surface area (Å²) in [6.07, 6.45) is 2.46. The van der Waals surface area contributed by atoms with Crippen LogP contribution in [0.15, 0.2) is 48.5 Å². The number of methoxy groups -OCH3 is 1. The van der Waals surface area contributed by atoms with Crippen LogP contribution >= 0.6 is 0 Å². The fourth-order valence-electron chi connectivity index (χ4n) is 2.89. The number of nitrogens with one attached hydrogen (secondary N) is 1. The van der Waals surface area contributed by atoms with Crippen molar-refractivity contribution < 1.29 is 4.74 Å². The van der Waals surface area contributed by atoms with Gasteiger partial charge in [-0.2, -0.15) is 0 Å². The van der Waals surface area contributed by atoms with Crippen molar-refractivity contribution in [3.05, 3.63) is 54.1 Å². The first-order valence-electron chi connectivity index (χ1n) is 7.57. The molecule has 3 heteroatoms. The molecule has 3 nitrogen and oxygen atoms in total. The van der Waals surface area contributed by atoms with Gasteiger partial charge in [-0.25, -0.2) is 0 Å². The molecule has 0 amide bonds. The molecule has 1 aliphatic heterocycles. The van der Waals surface area contributed by atoms with E-state index >= 15 is 0 Å². The second-order valence-corrected chi connectivity index (χ2v) is 5.37. The number of aryl methyl sites for hydroxylation is 1. The summed E-state index contributed by atoms with van der Waals surface area (Å²) in [5, 5.41) is 3.48. The molecule has 1 heterocycles. The van der Waals surface area contributed by atoms with Gasteiger partial charge < -0.3 is 15.0 Å². The lowest BCUT2D eigenvalue weighted by Gasteiger charge is -2.31. The summed E-state index contributed by atoms with van der Waals surface area (Å²) in [6, 6.07) is 16.8. The Labute approximate surface area is 126 Å². The second kappa shape index (κ2) is 6.53. The van der Waals surface area contributed by atoms with E-state index in [9.17, 15) is 0 Å². The predicted octanol–water partition coefficient (Wildman–Crippen LogP) is 3.56. The summed E-state index contributed by atoms with van der Waals surface area (Å²) in [5.74, 6) is 0.894. The number of anilines is 2. The van der Waals surface area contributed by atoms with Gasteiger partial charge in [0.25, 0.3) is 0 Å². The average Bonchev–Trinajstić information content (AvgIpc) is 2.56. The normalized spacial score (nSPS) is 13.7. The van der Waals surface area contributed by atoms with Crippen LogP contribution in [0, 0.1) is 0 Å². The Morgan fingerprint density at radius 2 is 1.90 bits per heavy atom. The Bertz CT molecular complexity index is 580. The van der Waals surface area contributed by atoms with Crippen LogP contribution in [0.2, 0.25) is 0 Å². The maximum atomic E-state index is 5.17. The molecule has 0 radical (unpaired) electrons. The van der Waals surface area contributed by atoms with Crippen molar-refractivity contribution in [2.75, 3.05) is 37.0 Å². The molecular weight excluding hydrogens is 260 g/mol. The van der Waals surface area contributed by atoms with Crippen molar-refractivity contribution in [3.8, 4) is 5.75 Å². The molecule has 110 valence electrons. The number of hydrogen-bond donors (Lipinski definition) is 1. The molecule has 0 spiro atoms. The maximum absolute atomic E-state index is 5.17. The van der Waals surface area contributed by atoms with Crippen molar-refractivity contribution in [1.29, 1.82) is 0 Å². The van der Waals surface area contributed by atoms with Crippen molar-refractivity contribution in [1.82, 2.24) is 0 Å². The topological polar surface area (TPSA) is 24.5 Å². The van der Waals surface area contributed by atoms with Gasteiger partial charge in [-0.3, -0.25) is 0 Å². The van der Waals surface area contributed by atoms with E-state index < -0.39 is 0 Å². The first-order chi connectivity index (χ1) is 10.4. The van der Waals surface area contributed by atoms with E-state index in [0.717, 1.165) is 31.1 Å². The van der Waals surface area contributed by atoms with E-state index in [-0.39, 0.29) is 0 Å². The van der Waals surface area contributed by atoms with Crippen LogP contribution in [0.25, 0.3) is 0 Å². The molecule has 2 aromatic carbocycles. The SMILES string of the molecule is COc1ccc(NCCN2CCCc3ccccc32)cc1. The molecule has 0 fully saturated rings. The minimum absolute atomic E-state index is 0.894. The van der Waals surface area contributed by atoms with Gasteiger partial charge in [0.05, 0.1) is 7.11 Å². The molecule has 0 aliphatic carbocycles. The van der Waals surface area contributed by atoms with Crippen LogP contribution in [0.4, 0.5) is 11.4 Å². The Morgan fingerprint density at radius 3 is 2.71 bits per heavy atom. The van der Waals surface area contributed by atoms with Crippen LogP contribution < -0.4 is 15.0 Å². The molecule has 0 bridgehead atoms. The van der Waals surface area contributed by atoms with Crippen LogP contribution in [0.5, 0.6) is 5.75 Å². The van der Waals surface area contributed by atoms with Gasteiger partial charge in [-0.05, 0) is 48.7 Å². The molecule has 1 aliphatic rings. The number of para-hydroxylation sites is 1. The van der Waals surface area contributed by atoms with E-state index in [0.29, 0.717) is 0 Å².